The lowest BCUT2D eigenvalue weighted by Crippen LogP contribution is -2.37. The first-order valence-corrected chi connectivity index (χ1v) is 6.35. The van der Waals surface area contributed by atoms with E-state index in [4.69, 9.17) is 4.74 Å². The molecule has 104 valence electrons. The zero-order valence-corrected chi connectivity index (χ0v) is 11.8. The average Bonchev–Trinajstić information content (AvgIpc) is 2.87. The minimum atomic E-state index is 0.229. The minimum absolute atomic E-state index is 0.229. The number of rotatable bonds is 6. The quantitative estimate of drug-likeness (QED) is 0.817. The first-order chi connectivity index (χ1) is 9.21. The van der Waals surface area contributed by atoms with Crippen LogP contribution in [0, 0.1) is 0 Å². The number of H-pyrrole nitrogens is 1. The number of likely N-dealkylation sites (N-methyl/N-ethyl adjacent to an activating group) is 1. The Morgan fingerprint density at radius 2 is 2.26 bits per heavy atom. The van der Waals surface area contributed by atoms with Crippen LogP contribution < -0.4 is 10.2 Å². The summed E-state index contributed by atoms with van der Waals surface area (Å²) in [6, 6.07) is 0.229. The van der Waals surface area contributed by atoms with Crippen molar-refractivity contribution < 1.29 is 4.74 Å². The Morgan fingerprint density at radius 1 is 1.47 bits per heavy atom. The monoisotopic (exact) mass is 264 g/mol. The van der Waals surface area contributed by atoms with Crippen molar-refractivity contribution in [2.75, 3.05) is 37.5 Å². The Hall–Kier alpha value is -1.89. The summed E-state index contributed by atoms with van der Waals surface area (Å²) in [6.07, 6.45) is 1.76. The van der Waals surface area contributed by atoms with Gasteiger partial charge in [0.15, 0.2) is 5.65 Å². The van der Waals surface area contributed by atoms with Gasteiger partial charge in [0.05, 0.1) is 24.2 Å². The van der Waals surface area contributed by atoms with Gasteiger partial charge in [-0.1, -0.05) is 0 Å². The summed E-state index contributed by atoms with van der Waals surface area (Å²) < 4.78 is 5.23. The van der Waals surface area contributed by atoms with Crippen molar-refractivity contribution in [1.82, 2.24) is 20.2 Å². The summed E-state index contributed by atoms with van der Waals surface area (Å²) in [7, 11) is 3.51. The molecule has 0 aliphatic rings. The largest absolute Gasteiger partial charge is 0.383 e. The van der Waals surface area contributed by atoms with Gasteiger partial charge in [-0.25, -0.2) is 0 Å². The number of aromatic amines is 1. The lowest BCUT2D eigenvalue weighted by molar-refractivity contribution is 0.182. The van der Waals surface area contributed by atoms with Gasteiger partial charge < -0.3 is 15.0 Å². The third kappa shape index (κ3) is 2.60. The second-order valence-electron chi connectivity index (χ2n) is 4.34. The van der Waals surface area contributed by atoms with Crippen LogP contribution in [0.15, 0.2) is 6.20 Å². The minimum Gasteiger partial charge on any atom is -0.383 e. The third-order valence-electron chi connectivity index (χ3n) is 3.07. The summed E-state index contributed by atoms with van der Waals surface area (Å²) in [5.74, 6) is 1.45. The molecule has 0 aliphatic carbocycles. The van der Waals surface area contributed by atoms with E-state index in [2.05, 4.69) is 44.2 Å². The van der Waals surface area contributed by atoms with E-state index in [1.807, 2.05) is 0 Å². The van der Waals surface area contributed by atoms with Gasteiger partial charge in [-0.05, 0) is 13.8 Å². The predicted molar refractivity (Wildman–Crippen MR) is 75.6 cm³/mol. The lowest BCUT2D eigenvalue weighted by Gasteiger charge is -2.29. The number of nitrogens with one attached hydrogen (secondary N) is 2. The van der Waals surface area contributed by atoms with Gasteiger partial charge in [-0.2, -0.15) is 15.1 Å². The number of hydrogen-bond acceptors (Lipinski definition) is 6. The van der Waals surface area contributed by atoms with E-state index in [0.717, 1.165) is 23.4 Å². The molecule has 0 fully saturated rings. The van der Waals surface area contributed by atoms with Crippen LogP contribution in [-0.2, 0) is 4.74 Å². The highest BCUT2D eigenvalue weighted by Crippen LogP contribution is 2.25. The summed E-state index contributed by atoms with van der Waals surface area (Å²) in [5, 5.41) is 10.8. The fraction of sp³-hybridized carbons (Fsp3) is 0.583. The standard InChI is InChI=1S/C12H20N6O/c1-5-18(8(2)7-19-4)11-9-6-14-17-10(9)15-12(13-3)16-11/h6,8H,5,7H2,1-4H3,(H2,13,14,15,16,17). The molecule has 2 heterocycles. The van der Waals surface area contributed by atoms with Gasteiger partial charge in [0.1, 0.15) is 5.82 Å². The van der Waals surface area contributed by atoms with Crippen LogP contribution in [0.3, 0.4) is 0 Å². The van der Waals surface area contributed by atoms with E-state index >= 15 is 0 Å². The Balaban J connectivity index is 2.48. The molecular formula is C12H20N6O. The molecule has 0 aromatic carbocycles. The number of anilines is 2. The number of ether oxygens (including phenoxy) is 1. The Morgan fingerprint density at radius 3 is 2.89 bits per heavy atom. The van der Waals surface area contributed by atoms with Crippen LogP contribution in [0.1, 0.15) is 13.8 Å². The van der Waals surface area contributed by atoms with Crippen LogP contribution in [-0.4, -0.2) is 53.5 Å². The number of hydrogen-bond donors (Lipinski definition) is 2. The van der Waals surface area contributed by atoms with Crippen LogP contribution in [0.25, 0.3) is 11.0 Å². The fourth-order valence-corrected chi connectivity index (χ4v) is 2.15. The summed E-state index contributed by atoms with van der Waals surface area (Å²) >= 11 is 0. The van der Waals surface area contributed by atoms with E-state index < -0.39 is 0 Å². The van der Waals surface area contributed by atoms with Crippen molar-refractivity contribution in [2.24, 2.45) is 0 Å². The van der Waals surface area contributed by atoms with Crippen LogP contribution in [0.2, 0.25) is 0 Å². The predicted octanol–water partition coefficient (Wildman–Crippen LogP) is 1.26. The summed E-state index contributed by atoms with van der Waals surface area (Å²) in [6.45, 7) is 5.69. The molecule has 2 rings (SSSR count). The number of fused-ring (bicyclic) bond motifs is 1. The van der Waals surface area contributed by atoms with Gasteiger partial charge >= 0.3 is 0 Å². The average molecular weight is 264 g/mol. The molecular weight excluding hydrogens is 244 g/mol. The normalized spacial score (nSPS) is 12.6. The van der Waals surface area contributed by atoms with Gasteiger partial charge in [0, 0.05) is 20.7 Å². The van der Waals surface area contributed by atoms with E-state index in [1.165, 1.54) is 0 Å². The van der Waals surface area contributed by atoms with Crippen molar-refractivity contribution in [3.63, 3.8) is 0 Å². The summed E-state index contributed by atoms with van der Waals surface area (Å²) in [4.78, 5) is 11.1. The molecule has 0 radical (unpaired) electrons. The zero-order chi connectivity index (χ0) is 13.8. The van der Waals surface area contributed by atoms with Gasteiger partial charge in [-0.15, -0.1) is 0 Å². The van der Waals surface area contributed by atoms with Gasteiger partial charge in [-0.3, -0.25) is 5.10 Å². The molecule has 0 amide bonds. The van der Waals surface area contributed by atoms with E-state index in [1.54, 1.807) is 20.4 Å². The van der Waals surface area contributed by atoms with Crippen molar-refractivity contribution in [1.29, 1.82) is 0 Å². The fourth-order valence-electron chi connectivity index (χ4n) is 2.15. The maximum atomic E-state index is 5.23. The van der Waals surface area contributed by atoms with E-state index in [0.29, 0.717) is 12.6 Å². The molecule has 0 spiro atoms. The SMILES string of the molecule is CCN(c1nc(NC)nc2[nH]ncc12)C(C)COC. The second kappa shape index (κ2) is 5.83. The molecule has 2 aromatic heterocycles. The molecule has 0 bridgehead atoms. The number of methoxy groups -OCH3 is 1. The maximum absolute atomic E-state index is 5.23. The topological polar surface area (TPSA) is 79.0 Å². The molecule has 7 heteroatoms. The molecule has 7 nitrogen and oxygen atoms in total. The smallest absolute Gasteiger partial charge is 0.226 e. The maximum Gasteiger partial charge on any atom is 0.226 e. The molecule has 1 unspecified atom stereocenters. The highest BCUT2D eigenvalue weighted by atomic mass is 16.5. The van der Waals surface area contributed by atoms with Crippen LogP contribution >= 0.6 is 0 Å². The molecule has 0 saturated carbocycles. The van der Waals surface area contributed by atoms with Crippen molar-refractivity contribution in [3.8, 4) is 0 Å². The summed E-state index contributed by atoms with van der Waals surface area (Å²) in [5.41, 5.74) is 0.734. The molecule has 0 saturated heterocycles. The van der Waals surface area contributed by atoms with E-state index in [-0.39, 0.29) is 6.04 Å². The highest BCUT2D eigenvalue weighted by molar-refractivity contribution is 5.87. The van der Waals surface area contributed by atoms with Gasteiger partial charge in [0.2, 0.25) is 5.95 Å². The van der Waals surface area contributed by atoms with Crippen LogP contribution in [0.4, 0.5) is 11.8 Å². The zero-order valence-electron chi connectivity index (χ0n) is 11.8. The molecule has 0 aliphatic heterocycles. The molecule has 1 atom stereocenters. The lowest BCUT2D eigenvalue weighted by atomic mass is 10.2. The Kier molecular flexibility index (Phi) is 4.16. The Bertz CT molecular complexity index is 540. The van der Waals surface area contributed by atoms with Crippen LogP contribution in [0.5, 0.6) is 0 Å². The van der Waals surface area contributed by atoms with Crippen molar-refractivity contribution >= 4 is 22.8 Å². The first-order valence-electron chi connectivity index (χ1n) is 6.35. The third-order valence-corrected chi connectivity index (χ3v) is 3.07. The van der Waals surface area contributed by atoms with Crippen molar-refractivity contribution in [3.05, 3.63) is 6.20 Å². The van der Waals surface area contributed by atoms with Gasteiger partial charge in [0.25, 0.3) is 0 Å². The second-order valence-corrected chi connectivity index (χ2v) is 4.34. The highest BCUT2D eigenvalue weighted by Gasteiger charge is 2.19. The number of nitrogens with zero attached hydrogens (tertiary/aromatic N) is 4. The number of aromatic nitrogens is 4. The molecule has 2 N–H and O–H groups in total. The van der Waals surface area contributed by atoms with E-state index in [9.17, 15) is 0 Å². The first kappa shape index (κ1) is 13.5. The molecule has 19 heavy (non-hydrogen) atoms. The van der Waals surface area contributed by atoms with Crippen molar-refractivity contribution in [2.45, 2.75) is 19.9 Å². The Labute approximate surface area is 112 Å². The molecule has 2 aromatic rings.